The summed E-state index contributed by atoms with van der Waals surface area (Å²) in [5, 5.41) is 10.2. The van der Waals surface area contributed by atoms with Crippen LogP contribution in [0.1, 0.15) is 22.3 Å². The van der Waals surface area contributed by atoms with Crippen molar-refractivity contribution in [3.63, 3.8) is 0 Å². The van der Waals surface area contributed by atoms with Crippen molar-refractivity contribution in [1.29, 1.82) is 0 Å². The lowest BCUT2D eigenvalue weighted by Crippen LogP contribution is -2.02. The van der Waals surface area contributed by atoms with Crippen LogP contribution in [0.5, 0.6) is 17.2 Å². The molecule has 128 valence electrons. The van der Waals surface area contributed by atoms with Crippen LogP contribution in [0.15, 0.2) is 66.7 Å². The lowest BCUT2D eigenvalue weighted by Gasteiger charge is -2.15. The van der Waals surface area contributed by atoms with E-state index in [0.717, 1.165) is 16.7 Å². The van der Waals surface area contributed by atoms with Gasteiger partial charge in [0.25, 0.3) is 0 Å². The molecule has 0 aliphatic carbocycles. The number of aromatic hydroxyl groups is 1. The summed E-state index contributed by atoms with van der Waals surface area (Å²) in [6, 6.07) is 21.3. The van der Waals surface area contributed by atoms with Gasteiger partial charge in [0.15, 0.2) is 11.5 Å². The molecule has 25 heavy (non-hydrogen) atoms. The second kappa shape index (κ2) is 7.75. The van der Waals surface area contributed by atoms with Gasteiger partial charge in [-0.1, -0.05) is 54.6 Å². The smallest absolute Gasteiger partial charge is 0.203 e. The zero-order valence-electron chi connectivity index (χ0n) is 14.5. The molecule has 0 spiro atoms. The number of para-hydroxylation sites is 1. The molecule has 3 aromatic carbocycles. The summed E-state index contributed by atoms with van der Waals surface area (Å²) in [5.74, 6) is 0.993. The monoisotopic (exact) mass is 334 g/mol. The van der Waals surface area contributed by atoms with E-state index in [9.17, 15) is 5.11 Å². The maximum atomic E-state index is 10.2. The zero-order chi connectivity index (χ0) is 17.6. The molecular formula is C22H22O3. The highest BCUT2D eigenvalue weighted by Crippen LogP contribution is 2.37. The highest BCUT2D eigenvalue weighted by molar-refractivity contribution is 5.50. The fourth-order valence-electron chi connectivity index (χ4n) is 2.61. The van der Waals surface area contributed by atoms with Gasteiger partial charge in [0, 0.05) is 0 Å². The summed E-state index contributed by atoms with van der Waals surface area (Å²) in [6.07, 6.45) is 0. The molecule has 0 aliphatic heterocycles. The van der Waals surface area contributed by atoms with E-state index in [1.54, 1.807) is 12.1 Å². The molecule has 3 nitrogen and oxygen atoms in total. The van der Waals surface area contributed by atoms with E-state index >= 15 is 0 Å². The molecule has 3 heteroatoms. The number of aryl methyl sites for hydroxylation is 2. The van der Waals surface area contributed by atoms with Crippen LogP contribution in [0.2, 0.25) is 0 Å². The third-order valence-corrected chi connectivity index (χ3v) is 4.24. The summed E-state index contributed by atoms with van der Waals surface area (Å²) in [6.45, 7) is 4.90. The molecule has 0 radical (unpaired) electrons. The summed E-state index contributed by atoms with van der Waals surface area (Å²) in [7, 11) is 0. The number of hydrogen-bond acceptors (Lipinski definition) is 3. The second-order valence-electron chi connectivity index (χ2n) is 6.03. The Morgan fingerprint density at radius 1 is 0.680 bits per heavy atom. The average Bonchev–Trinajstić information content (AvgIpc) is 2.61. The van der Waals surface area contributed by atoms with Gasteiger partial charge in [-0.25, -0.2) is 0 Å². The Labute approximate surface area is 148 Å². The first-order chi connectivity index (χ1) is 12.1. The Morgan fingerprint density at radius 3 is 1.84 bits per heavy atom. The molecule has 0 amide bonds. The molecule has 0 saturated heterocycles. The van der Waals surface area contributed by atoms with Crippen LogP contribution in [0, 0.1) is 13.8 Å². The maximum absolute atomic E-state index is 10.2. The molecule has 3 rings (SSSR count). The van der Waals surface area contributed by atoms with Crippen LogP contribution in [-0.2, 0) is 13.2 Å². The predicted octanol–water partition coefficient (Wildman–Crippen LogP) is 5.17. The predicted molar refractivity (Wildman–Crippen MR) is 99.1 cm³/mol. The molecular weight excluding hydrogens is 312 g/mol. The number of rotatable bonds is 6. The van der Waals surface area contributed by atoms with Gasteiger partial charge in [-0.2, -0.15) is 0 Å². The first-order valence-electron chi connectivity index (χ1n) is 8.32. The molecule has 1 N–H and O–H groups in total. The average molecular weight is 334 g/mol. The number of phenolic OH excluding ortho intramolecular Hbond substituents is 1. The minimum Gasteiger partial charge on any atom is -0.504 e. The van der Waals surface area contributed by atoms with E-state index < -0.39 is 0 Å². The number of hydrogen-bond donors (Lipinski definition) is 1. The van der Waals surface area contributed by atoms with E-state index in [-0.39, 0.29) is 5.75 Å². The highest BCUT2D eigenvalue weighted by Gasteiger charge is 2.12. The van der Waals surface area contributed by atoms with Gasteiger partial charge in [0.1, 0.15) is 13.2 Å². The lowest BCUT2D eigenvalue weighted by atomic mass is 10.1. The Morgan fingerprint density at radius 2 is 1.24 bits per heavy atom. The minimum atomic E-state index is 0.0795. The van der Waals surface area contributed by atoms with Crippen molar-refractivity contribution in [2.75, 3.05) is 0 Å². The van der Waals surface area contributed by atoms with Crippen molar-refractivity contribution in [2.45, 2.75) is 27.1 Å². The minimum absolute atomic E-state index is 0.0795. The molecule has 0 fully saturated rings. The van der Waals surface area contributed by atoms with Crippen LogP contribution in [-0.4, -0.2) is 5.11 Å². The van der Waals surface area contributed by atoms with Gasteiger partial charge < -0.3 is 14.6 Å². The van der Waals surface area contributed by atoms with Crippen molar-refractivity contribution < 1.29 is 14.6 Å². The Hall–Kier alpha value is -2.94. The first-order valence-corrected chi connectivity index (χ1v) is 8.32. The van der Waals surface area contributed by atoms with Gasteiger partial charge in [-0.15, -0.1) is 0 Å². The number of benzene rings is 3. The Kier molecular flexibility index (Phi) is 5.24. The van der Waals surface area contributed by atoms with Gasteiger partial charge in [-0.05, 0) is 48.2 Å². The van der Waals surface area contributed by atoms with Crippen molar-refractivity contribution in [3.8, 4) is 17.2 Å². The number of ether oxygens (including phenoxy) is 2. The largest absolute Gasteiger partial charge is 0.504 e. The molecule has 0 bridgehead atoms. The van der Waals surface area contributed by atoms with Crippen molar-refractivity contribution >= 4 is 0 Å². The van der Waals surface area contributed by atoms with Crippen molar-refractivity contribution in [2.24, 2.45) is 0 Å². The summed E-state index contributed by atoms with van der Waals surface area (Å²) in [5.41, 5.74) is 4.51. The fourth-order valence-corrected chi connectivity index (χ4v) is 2.61. The molecule has 0 heterocycles. The summed E-state index contributed by atoms with van der Waals surface area (Å²) >= 11 is 0. The van der Waals surface area contributed by atoms with E-state index in [4.69, 9.17) is 9.47 Å². The van der Waals surface area contributed by atoms with E-state index in [1.165, 1.54) is 5.56 Å². The third-order valence-electron chi connectivity index (χ3n) is 4.24. The summed E-state index contributed by atoms with van der Waals surface area (Å²) < 4.78 is 11.8. The van der Waals surface area contributed by atoms with Crippen molar-refractivity contribution in [1.82, 2.24) is 0 Å². The quantitative estimate of drug-likeness (QED) is 0.676. The van der Waals surface area contributed by atoms with Gasteiger partial charge in [-0.3, -0.25) is 0 Å². The summed E-state index contributed by atoms with van der Waals surface area (Å²) in [4.78, 5) is 0. The van der Waals surface area contributed by atoms with E-state index in [1.807, 2.05) is 55.5 Å². The van der Waals surface area contributed by atoms with E-state index in [2.05, 4.69) is 13.0 Å². The van der Waals surface area contributed by atoms with Crippen LogP contribution < -0.4 is 9.47 Å². The number of phenols is 1. The van der Waals surface area contributed by atoms with Gasteiger partial charge in [0.2, 0.25) is 5.75 Å². The molecule has 3 aromatic rings. The SMILES string of the molecule is Cc1ccccc1COc1cccc(O)c1OCc1ccccc1C. The molecule has 0 atom stereocenters. The normalized spacial score (nSPS) is 10.5. The zero-order valence-corrected chi connectivity index (χ0v) is 14.5. The lowest BCUT2D eigenvalue weighted by molar-refractivity contribution is 0.245. The Balaban J connectivity index is 1.75. The third kappa shape index (κ3) is 4.13. The van der Waals surface area contributed by atoms with Crippen LogP contribution >= 0.6 is 0 Å². The molecule has 0 aromatic heterocycles. The topological polar surface area (TPSA) is 38.7 Å². The van der Waals surface area contributed by atoms with E-state index in [0.29, 0.717) is 24.7 Å². The highest BCUT2D eigenvalue weighted by atomic mass is 16.5. The van der Waals surface area contributed by atoms with Crippen molar-refractivity contribution in [3.05, 3.63) is 89.0 Å². The Bertz CT molecular complexity index is 855. The maximum Gasteiger partial charge on any atom is 0.203 e. The van der Waals surface area contributed by atoms with Gasteiger partial charge >= 0.3 is 0 Å². The molecule has 0 unspecified atom stereocenters. The molecule has 0 saturated carbocycles. The second-order valence-corrected chi connectivity index (χ2v) is 6.03. The standard InChI is InChI=1S/C22H22O3/c1-16-8-3-5-10-18(16)14-24-21-13-7-12-20(23)22(21)25-15-19-11-6-4-9-17(19)2/h3-13,23H,14-15H2,1-2H3. The van der Waals surface area contributed by atoms with Crippen LogP contribution in [0.3, 0.4) is 0 Å². The first kappa shape index (κ1) is 16.9. The van der Waals surface area contributed by atoms with Crippen LogP contribution in [0.4, 0.5) is 0 Å². The molecule has 0 aliphatic rings. The fraction of sp³-hybridized carbons (Fsp3) is 0.182. The van der Waals surface area contributed by atoms with Crippen LogP contribution in [0.25, 0.3) is 0 Å². The van der Waals surface area contributed by atoms with Gasteiger partial charge in [0.05, 0.1) is 0 Å².